The largest absolute Gasteiger partial charge is 0.497 e. The highest BCUT2D eigenvalue weighted by Gasteiger charge is 2.23. The number of anilines is 1. The van der Waals surface area contributed by atoms with Gasteiger partial charge in [-0.3, -0.25) is 4.79 Å². The van der Waals surface area contributed by atoms with Gasteiger partial charge >= 0.3 is 0 Å². The number of hydrogen-bond acceptors (Lipinski definition) is 5. The van der Waals surface area contributed by atoms with E-state index in [1.54, 1.807) is 20.1 Å². The van der Waals surface area contributed by atoms with Crippen LogP contribution in [0.3, 0.4) is 0 Å². The summed E-state index contributed by atoms with van der Waals surface area (Å²) < 4.78 is 10.3. The van der Waals surface area contributed by atoms with Gasteiger partial charge < -0.3 is 14.6 Å². The third-order valence-electron chi connectivity index (χ3n) is 3.51. The maximum atomic E-state index is 12.8. The molecule has 0 saturated heterocycles. The van der Waals surface area contributed by atoms with Crippen molar-refractivity contribution in [2.75, 3.05) is 12.4 Å². The molecule has 0 aliphatic carbocycles. The van der Waals surface area contributed by atoms with E-state index >= 15 is 0 Å². The number of aryl methyl sites for hydroxylation is 1. The number of carbonyl (C=O) groups excluding carboxylic acids is 1. The van der Waals surface area contributed by atoms with E-state index in [0.717, 1.165) is 16.2 Å². The van der Waals surface area contributed by atoms with E-state index < -0.39 is 5.25 Å². The molecule has 0 radical (unpaired) electrons. The van der Waals surface area contributed by atoms with Gasteiger partial charge in [0, 0.05) is 11.0 Å². The second-order valence-electron chi connectivity index (χ2n) is 5.40. The Labute approximate surface area is 150 Å². The molecule has 1 aromatic heterocycles. The van der Waals surface area contributed by atoms with E-state index in [1.165, 1.54) is 11.8 Å². The number of methoxy groups -OCH3 is 1. The molecule has 25 heavy (non-hydrogen) atoms. The summed E-state index contributed by atoms with van der Waals surface area (Å²) in [6.07, 6.45) is 0. The average molecular weight is 354 g/mol. The van der Waals surface area contributed by atoms with Crippen molar-refractivity contribution in [1.29, 1.82) is 0 Å². The van der Waals surface area contributed by atoms with Gasteiger partial charge in [0.05, 0.1) is 7.11 Å². The molecule has 0 bridgehead atoms. The number of rotatable bonds is 6. The zero-order valence-electron chi connectivity index (χ0n) is 13.9. The maximum absolute atomic E-state index is 12.8. The van der Waals surface area contributed by atoms with Gasteiger partial charge in [-0.2, -0.15) is 0 Å². The van der Waals surface area contributed by atoms with Gasteiger partial charge in [0.15, 0.2) is 5.82 Å². The predicted molar refractivity (Wildman–Crippen MR) is 97.9 cm³/mol. The van der Waals surface area contributed by atoms with Crippen LogP contribution in [0.15, 0.2) is 70.1 Å². The number of aromatic nitrogens is 1. The molecule has 5 nitrogen and oxygen atoms in total. The highest BCUT2D eigenvalue weighted by molar-refractivity contribution is 8.00. The van der Waals surface area contributed by atoms with Crippen LogP contribution in [-0.4, -0.2) is 18.2 Å². The number of nitrogens with zero attached hydrogens (tertiary/aromatic N) is 1. The second kappa shape index (κ2) is 7.90. The van der Waals surface area contributed by atoms with Crippen LogP contribution in [0.25, 0.3) is 0 Å². The molecule has 3 rings (SSSR count). The van der Waals surface area contributed by atoms with Crippen LogP contribution < -0.4 is 10.1 Å². The Morgan fingerprint density at radius 2 is 1.96 bits per heavy atom. The second-order valence-corrected chi connectivity index (χ2v) is 6.58. The summed E-state index contributed by atoms with van der Waals surface area (Å²) in [6.45, 7) is 1.78. The fourth-order valence-electron chi connectivity index (χ4n) is 2.33. The van der Waals surface area contributed by atoms with Crippen molar-refractivity contribution in [1.82, 2.24) is 5.16 Å². The van der Waals surface area contributed by atoms with Crippen molar-refractivity contribution < 1.29 is 14.1 Å². The fraction of sp³-hybridized carbons (Fsp3) is 0.158. The lowest BCUT2D eigenvalue weighted by Crippen LogP contribution is -2.19. The fourth-order valence-corrected chi connectivity index (χ4v) is 3.40. The number of thioether (sulfide) groups is 1. The van der Waals surface area contributed by atoms with Crippen LogP contribution in [0.5, 0.6) is 5.75 Å². The molecular weight excluding hydrogens is 336 g/mol. The number of ether oxygens (including phenoxy) is 1. The SMILES string of the molecule is COc1cccc(S[C@@H](C(=O)Nc2cc(C)on2)c2ccccc2)c1. The molecule has 0 saturated carbocycles. The lowest BCUT2D eigenvalue weighted by Gasteiger charge is -2.16. The van der Waals surface area contributed by atoms with Crippen molar-refractivity contribution in [3.8, 4) is 5.75 Å². The molecule has 1 N–H and O–H groups in total. The third-order valence-corrected chi connectivity index (χ3v) is 4.76. The van der Waals surface area contributed by atoms with Gasteiger partial charge in [0.25, 0.3) is 0 Å². The van der Waals surface area contributed by atoms with Crippen molar-refractivity contribution in [2.45, 2.75) is 17.1 Å². The first-order valence-corrected chi connectivity index (χ1v) is 8.63. The highest BCUT2D eigenvalue weighted by atomic mass is 32.2. The molecule has 0 aliphatic rings. The van der Waals surface area contributed by atoms with Crippen molar-refractivity contribution in [2.24, 2.45) is 0 Å². The van der Waals surface area contributed by atoms with Crippen LogP contribution >= 0.6 is 11.8 Å². The Hall–Kier alpha value is -2.73. The summed E-state index contributed by atoms with van der Waals surface area (Å²) in [7, 11) is 1.62. The van der Waals surface area contributed by atoms with E-state index in [0.29, 0.717) is 11.6 Å². The lowest BCUT2D eigenvalue weighted by molar-refractivity contribution is -0.115. The number of hydrogen-bond donors (Lipinski definition) is 1. The molecule has 0 fully saturated rings. The Bertz CT molecular complexity index is 849. The van der Waals surface area contributed by atoms with Gasteiger partial charge in [-0.15, -0.1) is 11.8 Å². The standard InChI is InChI=1S/C19H18N2O3S/c1-13-11-17(21-24-13)20-19(22)18(14-7-4-3-5-8-14)25-16-10-6-9-15(12-16)23-2/h3-12,18H,1-2H3,(H,20,21,22)/t18-/m1/s1. The first-order chi connectivity index (χ1) is 12.2. The molecule has 1 atom stereocenters. The zero-order chi connectivity index (χ0) is 17.6. The summed E-state index contributed by atoms with van der Waals surface area (Å²) in [6, 6.07) is 19.0. The summed E-state index contributed by atoms with van der Waals surface area (Å²) in [5.74, 6) is 1.65. The van der Waals surface area contributed by atoms with E-state index in [-0.39, 0.29) is 5.91 Å². The Balaban J connectivity index is 1.85. The van der Waals surface area contributed by atoms with E-state index in [9.17, 15) is 4.79 Å². The summed E-state index contributed by atoms with van der Waals surface area (Å²) in [5, 5.41) is 6.22. The van der Waals surface area contributed by atoms with Crippen LogP contribution in [-0.2, 0) is 4.79 Å². The molecule has 128 valence electrons. The molecule has 0 aliphatic heterocycles. The van der Waals surface area contributed by atoms with E-state index in [2.05, 4.69) is 10.5 Å². The normalized spacial score (nSPS) is 11.8. The van der Waals surface area contributed by atoms with E-state index in [1.807, 2.05) is 54.6 Å². The van der Waals surface area contributed by atoms with Crippen molar-refractivity contribution >= 4 is 23.5 Å². The summed E-state index contributed by atoms with van der Waals surface area (Å²) in [4.78, 5) is 13.8. The number of amides is 1. The topological polar surface area (TPSA) is 64.4 Å². The first-order valence-electron chi connectivity index (χ1n) is 7.75. The monoisotopic (exact) mass is 354 g/mol. The zero-order valence-corrected chi connectivity index (χ0v) is 14.7. The summed E-state index contributed by atoms with van der Waals surface area (Å²) in [5.41, 5.74) is 0.910. The van der Waals surface area contributed by atoms with Gasteiger partial charge in [0.2, 0.25) is 5.91 Å². The molecular formula is C19H18N2O3S. The van der Waals surface area contributed by atoms with Crippen molar-refractivity contribution in [3.05, 3.63) is 72.0 Å². The third kappa shape index (κ3) is 4.42. The molecule has 0 unspecified atom stereocenters. The lowest BCUT2D eigenvalue weighted by atomic mass is 10.1. The summed E-state index contributed by atoms with van der Waals surface area (Å²) >= 11 is 1.46. The van der Waals surface area contributed by atoms with Crippen LogP contribution in [0.1, 0.15) is 16.6 Å². The number of nitrogens with one attached hydrogen (secondary N) is 1. The van der Waals surface area contributed by atoms with Gasteiger partial charge in [-0.05, 0) is 30.7 Å². The molecule has 0 spiro atoms. The number of benzene rings is 2. The van der Waals surface area contributed by atoms with Crippen molar-refractivity contribution in [3.63, 3.8) is 0 Å². The minimum absolute atomic E-state index is 0.160. The average Bonchev–Trinajstić information content (AvgIpc) is 3.05. The Morgan fingerprint density at radius 3 is 2.64 bits per heavy atom. The van der Waals surface area contributed by atoms with Crippen LogP contribution in [0.2, 0.25) is 0 Å². The molecule has 1 heterocycles. The van der Waals surface area contributed by atoms with E-state index in [4.69, 9.17) is 9.26 Å². The smallest absolute Gasteiger partial charge is 0.243 e. The Kier molecular flexibility index (Phi) is 5.40. The quantitative estimate of drug-likeness (QED) is 0.662. The first kappa shape index (κ1) is 17.1. The molecule has 2 aromatic carbocycles. The molecule has 1 amide bonds. The predicted octanol–water partition coefficient (Wildman–Crippen LogP) is 4.46. The van der Waals surface area contributed by atoms with Crippen LogP contribution in [0, 0.1) is 6.92 Å². The van der Waals surface area contributed by atoms with Gasteiger partial charge in [0.1, 0.15) is 16.8 Å². The number of carbonyl (C=O) groups is 1. The van der Waals surface area contributed by atoms with Crippen LogP contribution in [0.4, 0.5) is 5.82 Å². The molecule has 3 aromatic rings. The Morgan fingerprint density at radius 1 is 1.16 bits per heavy atom. The highest BCUT2D eigenvalue weighted by Crippen LogP contribution is 2.37. The maximum Gasteiger partial charge on any atom is 0.243 e. The van der Waals surface area contributed by atoms with Gasteiger partial charge in [-0.1, -0.05) is 41.6 Å². The minimum atomic E-state index is -0.426. The minimum Gasteiger partial charge on any atom is -0.497 e. The molecule has 6 heteroatoms. The van der Waals surface area contributed by atoms with Gasteiger partial charge in [-0.25, -0.2) is 0 Å².